The minimum absolute atomic E-state index is 0.0247. The van der Waals surface area contributed by atoms with E-state index in [-0.39, 0.29) is 46.9 Å². The molecule has 11 heteroatoms. The number of aryl methyl sites for hydroxylation is 1. The second kappa shape index (κ2) is 9.35. The van der Waals surface area contributed by atoms with E-state index < -0.39 is 17.5 Å². The predicted molar refractivity (Wildman–Crippen MR) is 119 cm³/mol. The van der Waals surface area contributed by atoms with Crippen molar-refractivity contribution in [2.75, 3.05) is 24.3 Å². The van der Waals surface area contributed by atoms with Gasteiger partial charge in [0.2, 0.25) is 5.88 Å². The number of hydrogen-bond donors (Lipinski definition) is 4. The lowest BCUT2D eigenvalue weighted by Crippen LogP contribution is -2.31. The van der Waals surface area contributed by atoms with Crippen molar-refractivity contribution in [2.24, 2.45) is 24.4 Å². The number of rotatable bonds is 9. The number of hydrogen-bond acceptors (Lipinski definition) is 7. The summed E-state index contributed by atoms with van der Waals surface area (Å²) in [4.78, 5) is 16.1. The number of halogens is 2. The maximum absolute atomic E-state index is 14.7. The summed E-state index contributed by atoms with van der Waals surface area (Å²) >= 11 is 0. The van der Waals surface area contributed by atoms with Gasteiger partial charge in [-0.25, -0.2) is 13.8 Å². The summed E-state index contributed by atoms with van der Waals surface area (Å²) in [6.45, 7) is 4.31. The SMILES string of the molecule is COc1nn(C)c2c(F)cc(Nc3nc(NC(CN)CC(C)C)c(F)cc3C(N)=O)cc12. The van der Waals surface area contributed by atoms with Gasteiger partial charge in [0.25, 0.3) is 5.91 Å². The van der Waals surface area contributed by atoms with Crippen LogP contribution in [-0.4, -0.2) is 40.4 Å². The standard InChI is InChI=1S/C21H27F2N7O2/c1-10(2)5-12(9-24)27-20-16(23)8-14(18(25)31)19(28-20)26-11-6-13-17(15(22)7-11)30(3)29-21(13)32-4/h6-8,10,12H,5,9,24H2,1-4H3,(H2,25,31)(H2,26,27,28). The predicted octanol–water partition coefficient (Wildman–Crippen LogP) is 2.88. The van der Waals surface area contributed by atoms with E-state index in [1.807, 2.05) is 13.8 Å². The van der Waals surface area contributed by atoms with E-state index in [1.165, 1.54) is 17.9 Å². The van der Waals surface area contributed by atoms with Crippen LogP contribution in [0.25, 0.3) is 10.9 Å². The van der Waals surface area contributed by atoms with Crippen LogP contribution in [0, 0.1) is 17.6 Å². The van der Waals surface area contributed by atoms with E-state index >= 15 is 0 Å². The van der Waals surface area contributed by atoms with Crippen molar-refractivity contribution in [3.8, 4) is 5.88 Å². The fraction of sp³-hybridized carbons (Fsp3) is 0.381. The summed E-state index contributed by atoms with van der Waals surface area (Å²) in [5.41, 5.74) is 11.5. The van der Waals surface area contributed by atoms with Crippen LogP contribution in [0.15, 0.2) is 18.2 Å². The number of nitrogens with one attached hydrogen (secondary N) is 2. The molecule has 1 amide bonds. The van der Waals surface area contributed by atoms with Crippen molar-refractivity contribution in [1.82, 2.24) is 14.8 Å². The highest BCUT2D eigenvalue weighted by Gasteiger charge is 2.20. The molecule has 0 fully saturated rings. The summed E-state index contributed by atoms with van der Waals surface area (Å²) < 4.78 is 36.0. The molecule has 3 aromatic rings. The number of carbonyl (C=O) groups is 1. The molecule has 32 heavy (non-hydrogen) atoms. The number of nitrogens with zero attached hydrogens (tertiary/aromatic N) is 3. The van der Waals surface area contributed by atoms with Gasteiger partial charge in [-0.05, 0) is 30.5 Å². The highest BCUT2D eigenvalue weighted by Crippen LogP contribution is 2.32. The largest absolute Gasteiger partial charge is 0.479 e. The highest BCUT2D eigenvalue weighted by atomic mass is 19.1. The van der Waals surface area contributed by atoms with Crippen molar-refractivity contribution < 1.29 is 18.3 Å². The molecule has 3 rings (SSSR count). The first kappa shape index (κ1) is 23.2. The first-order chi connectivity index (χ1) is 15.1. The molecule has 0 spiro atoms. The molecule has 9 nitrogen and oxygen atoms in total. The van der Waals surface area contributed by atoms with E-state index in [0.717, 1.165) is 6.07 Å². The second-order valence-corrected chi connectivity index (χ2v) is 7.90. The number of pyridine rings is 1. The van der Waals surface area contributed by atoms with Crippen LogP contribution in [0.5, 0.6) is 5.88 Å². The Bertz CT molecular complexity index is 1150. The fourth-order valence-corrected chi connectivity index (χ4v) is 3.54. The third-order valence-electron chi connectivity index (χ3n) is 4.94. The average molecular weight is 447 g/mol. The molecule has 2 aromatic heterocycles. The Balaban J connectivity index is 2.03. The van der Waals surface area contributed by atoms with E-state index in [4.69, 9.17) is 16.2 Å². The van der Waals surface area contributed by atoms with E-state index in [0.29, 0.717) is 17.7 Å². The van der Waals surface area contributed by atoms with Crippen molar-refractivity contribution in [3.05, 3.63) is 35.4 Å². The Morgan fingerprint density at radius 2 is 1.94 bits per heavy atom. The van der Waals surface area contributed by atoms with Gasteiger partial charge in [-0.3, -0.25) is 9.48 Å². The van der Waals surface area contributed by atoms with Crippen LogP contribution in [0.4, 0.5) is 26.1 Å². The Kier molecular flexibility index (Phi) is 6.78. The molecule has 0 aliphatic rings. The smallest absolute Gasteiger partial charge is 0.252 e. The molecule has 0 saturated heterocycles. The van der Waals surface area contributed by atoms with Gasteiger partial charge in [-0.15, -0.1) is 5.10 Å². The number of ether oxygens (including phenoxy) is 1. The van der Waals surface area contributed by atoms with Gasteiger partial charge in [0.15, 0.2) is 17.5 Å². The lowest BCUT2D eigenvalue weighted by Gasteiger charge is -2.21. The average Bonchev–Trinajstić information content (AvgIpc) is 3.05. The number of benzene rings is 1. The zero-order valence-corrected chi connectivity index (χ0v) is 18.4. The third kappa shape index (κ3) is 4.72. The van der Waals surface area contributed by atoms with Crippen molar-refractivity contribution in [3.63, 3.8) is 0 Å². The van der Waals surface area contributed by atoms with Crippen LogP contribution < -0.4 is 26.8 Å². The van der Waals surface area contributed by atoms with Gasteiger partial charge < -0.3 is 26.8 Å². The topological polar surface area (TPSA) is 133 Å². The number of anilines is 3. The van der Waals surface area contributed by atoms with Crippen LogP contribution in [0.3, 0.4) is 0 Å². The number of carbonyl (C=O) groups excluding carboxylic acids is 1. The molecule has 0 radical (unpaired) electrons. The number of fused-ring (bicyclic) bond motifs is 1. The molecule has 1 atom stereocenters. The van der Waals surface area contributed by atoms with Gasteiger partial charge in [0, 0.05) is 25.3 Å². The van der Waals surface area contributed by atoms with Crippen molar-refractivity contribution in [1.29, 1.82) is 0 Å². The minimum atomic E-state index is -0.886. The summed E-state index contributed by atoms with van der Waals surface area (Å²) in [6.07, 6.45) is 0.695. The van der Waals surface area contributed by atoms with Crippen LogP contribution >= 0.6 is 0 Å². The number of aromatic nitrogens is 3. The molecule has 1 unspecified atom stereocenters. The van der Waals surface area contributed by atoms with Crippen molar-refractivity contribution in [2.45, 2.75) is 26.3 Å². The number of nitrogens with two attached hydrogens (primary N) is 2. The first-order valence-electron chi connectivity index (χ1n) is 10.1. The normalized spacial score (nSPS) is 12.2. The highest BCUT2D eigenvalue weighted by molar-refractivity contribution is 5.99. The molecule has 1 aromatic carbocycles. The monoisotopic (exact) mass is 447 g/mol. The summed E-state index contributed by atoms with van der Waals surface area (Å²) in [6, 6.07) is 3.57. The molecular formula is C21H27F2N7O2. The van der Waals surface area contributed by atoms with Gasteiger partial charge in [0.05, 0.1) is 18.1 Å². The Hall–Kier alpha value is -3.47. The first-order valence-corrected chi connectivity index (χ1v) is 10.1. The lowest BCUT2D eigenvalue weighted by atomic mass is 10.0. The number of methoxy groups -OCH3 is 1. The zero-order valence-electron chi connectivity index (χ0n) is 18.4. The Morgan fingerprint density at radius 1 is 1.22 bits per heavy atom. The van der Waals surface area contributed by atoms with E-state index in [2.05, 4.69) is 20.7 Å². The van der Waals surface area contributed by atoms with Gasteiger partial charge in [-0.1, -0.05) is 13.8 Å². The summed E-state index contributed by atoms with van der Waals surface area (Å²) in [5, 5.41) is 10.4. The molecule has 0 aliphatic carbocycles. The third-order valence-corrected chi connectivity index (χ3v) is 4.94. The lowest BCUT2D eigenvalue weighted by molar-refractivity contribution is 0.100. The van der Waals surface area contributed by atoms with Crippen LogP contribution in [0.1, 0.15) is 30.6 Å². The Morgan fingerprint density at radius 3 is 2.53 bits per heavy atom. The zero-order chi connectivity index (χ0) is 23.6. The number of amides is 1. The quantitative estimate of drug-likeness (QED) is 0.396. The maximum Gasteiger partial charge on any atom is 0.252 e. The summed E-state index contributed by atoms with van der Waals surface area (Å²) in [7, 11) is 3.02. The minimum Gasteiger partial charge on any atom is -0.479 e. The van der Waals surface area contributed by atoms with Gasteiger partial charge in [-0.2, -0.15) is 0 Å². The molecule has 172 valence electrons. The molecular weight excluding hydrogens is 420 g/mol. The van der Waals surface area contributed by atoms with Crippen LogP contribution in [0.2, 0.25) is 0 Å². The van der Waals surface area contributed by atoms with E-state index in [1.54, 1.807) is 13.1 Å². The fourth-order valence-electron chi connectivity index (χ4n) is 3.54. The molecule has 0 bridgehead atoms. The van der Waals surface area contributed by atoms with E-state index in [9.17, 15) is 13.6 Å². The molecule has 0 saturated carbocycles. The second-order valence-electron chi connectivity index (χ2n) is 7.90. The molecule has 6 N–H and O–H groups in total. The Labute approximate surface area is 184 Å². The number of primary amides is 1. The molecule has 2 heterocycles. The van der Waals surface area contributed by atoms with Crippen LogP contribution in [-0.2, 0) is 7.05 Å². The van der Waals surface area contributed by atoms with Crippen molar-refractivity contribution >= 4 is 34.1 Å². The molecule has 0 aliphatic heterocycles. The van der Waals surface area contributed by atoms with Gasteiger partial charge in [0.1, 0.15) is 11.3 Å². The summed E-state index contributed by atoms with van der Waals surface area (Å²) in [5.74, 6) is -1.76. The maximum atomic E-state index is 14.7. The van der Waals surface area contributed by atoms with Gasteiger partial charge >= 0.3 is 0 Å².